The summed E-state index contributed by atoms with van der Waals surface area (Å²) in [5.41, 5.74) is 2.87. The molecule has 0 amide bonds. The normalized spacial score (nSPS) is 12.9. The lowest BCUT2D eigenvalue weighted by Crippen LogP contribution is -2.18. The molecule has 0 aliphatic carbocycles. The maximum absolute atomic E-state index is 11.1. The zero-order valence-electron chi connectivity index (χ0n) is 15.1. The van der Waals surface area contributed by atoms with Gasteiger partial charge in [0.2, 0.25) is 0 Å². The van der Waals surface area contributed by atoms with Gasteiger partial charge >= 0.3 is 5.97 Å². The zero-order valence-corrected chi connectivity index (χ0v) is 16.7. The van der Waals surface area contributed by atoms with Crippen molar-refractivity contribution in [2.75, 3.05) is 14.1 Å². The molecule has 0 bridgehead atoms. The molecule has 0 fully saturated rings. The van der Waals surface area contributed by atoms with Gasteiger partial charge in [-0.15, -0.1) is 0 Å². The van der Waals surface area contributed by atoms with Crippen molar-refractivity contribution in [1.29, 1.82) is 0 Å². The minimum absolute atomic E-state index is 0.0387. The van der Waals surface area contributed by atoms with Crippen molar-refractivity contribution >= 4 is 46.3 Å². The van der Waals surface area contributed by atoms with E-state index in [9.17, 15) is 4.79 Å². The highest BCUT2D eigenvalue weighted by Crippen LogP contribution is 2.23. The number of allylic oxidation sites excluding steroid dienone is 1. The largest absolute Gasteiger partial charge is 0.477 e. The highest BCUT2D eigenvalue weighted by molar-refractivity contribution is 6.34. The fourth-order valence-corrected chi connectivity index (χ4v) is 2.77. The van der Waals surface area contributed by atoms with Gasteiger partial charge < -0.3 is 5.11 Å². The SMILES string of the molecule is CN=C(/C=C(/c1cccc(Cl)c1)N(C)/N=C(\C)C(=O)O)c1cccc(Cl)c1. The Hall–Kier alpha value is -2.63. The van der Waals surface area contributed by atoms with E-state index in [-0.39, 0.29) is 5.71 Å². The average molecular weight is 404 g/mol. The Labute approximate surface area is 168 Å². The molecule has 0 aliphatic heterocycles. The summed E-state index contributed by atoms with van der Waals surface area (Å²) in [5, 5.41) is 15.9. The first-order valence-corrected chi connectivity index (χ1v) is 8.80. The van der Waals surface area contributed by atoms with Crippen LogP contribution in [-0.2, 0) is 4.79 Å². The van der Waals surface area contributed by atoms with Crippen molar-refractivity contribution in [3.63, 3.8) is 0 Å². The topological polar surface area (TPSA) is 65.3 Å². The van der Waals surface area contributed by atoms with E-state index >= 15 is 0 Å². The predicted octanol–water partition coefficient (Wildman–Crippen LogP) is 4.85. The van der Waals surface area contributed by atoms with E-state index in [1.54, 1.807) is 32.3 Å². The first kappa shape index (κ1) is 20.7. The van der Waals surface area contributed by atoms with Gasteiger partial charge in [-0.2, -0.15) is 5.10 Å². The highest BCUT2D eigenvalue weighted by atomic mass is 35.5. The molecule has 5 nitrogen and oxygen atoms in total. The summed E-state index contributed by atoms with van der Waals surface area (Å²) in [6, 6.07) is 14.5. The molecule has 0 atom stereocenters. The van der Waals surface area contributed by atoms with E-state index < -0.39 is 5.97 Å². The maximum atomic E-state index is 11.1. The molecule has 0 spiro atoms. The fourth-order valence-electron chi connectivity index (χ4n) is 2.39. The van der Waals surface area contributed by atoms with Crippen LogP contribution in [0.3, 0.4) is 0 Å². The van der Waals surface area contributed by atoms with Crippen molar-refractivity contribution in [3.8, 4) is 0 Å². The minimum atomic E-state index is -1.09. The van der Waals surface area contributed by atoms with Crippen LogP contribution in [0.2, 0.25) is 10.0 Å². The van der Waals surface area contributed by atoms with E-state index in [0.717, 1.165) is 11.1 Å². The van der Waals surface area contributed by atoms with Crippen molar-refractivity contribution in [2.45, 2.75) is 6.92 Å². The van der Waals surface area contributed by atoms with Crippen LogP contribution in [-0.4, -0.2) is 41.6 Å². The van der Waals surface area contributed by atoms with Crippen molar-refractivity contribution in [3.05, 3.63) is 75.8 Å². The number of hydrogen-bond donors (Lipinski definition) is 1. The molecule has 7 heteroatoms. The van der Waals surface area contributed by atoms with Crippen LogP contribution in [0.15, 0.2) is 64.7 Å². The number of hydrazone groups is 1. The number of carbonyl (C=O) groups is 1. The van der Waals surface area contributed by atoms with E-state index in [0.29, 0.717) is 21.5 Å². The molecule has 0 saturated carbocycles. The number of hydrogen-bond acceptors (Lipinski definition) is 4. The van der Waals surface area contributed by atoms with Crippen LogP contribution in [0.1, 0.15) is 18.1 Å². The predicted molar refractivity (Wildman–Crippen MR) is 112 cm³/mol. The van der Waals surface area contributed by atoms with Gasteiger partial charge in [0.15, 0.2) is 0 Å². The monoisotopic (exact) mass is 403 g/mol. The van der Waals surface area contributed by atoms with Crippen LogP contribution in [0.5, 0.6) is 0 Å². The molecule has 0 unspecified atom stereocenters. The van der Waals surface area contributed by atoms with Crippen LogP contribution < -0.4 is 0 Å². The van der Waals surface area contributed by atoms with Gasteiger partial charge in [-0.05, 0) is 37.3 Å². The van der Waals surface area contributed by atoms with E-state index in [2.05, 4.69) is 10.1 Å². The van der Waals surface area contributed by atoms with Gasteiger partial charge in [-0.25, -0.2) is 4.79 Å². The molecule has 2 aromatic carbocycles. The molecule has 0 aromatic heterocycles. The lowest BCUT2D eigenvalue weighted by molar-refractivity contribution is -0.129. The van der Waals surface area contributed by atoms with Crippen LogP contribution in [0, 0.1) is 0 Å². The smallest absolute Gasteiger partial charge is 0.351 e. The minimum Gasteiger partial charge on any atom is -0.477 e. The fraction of sp³-hybridized carbons (Fsp3) is 0.150. The third-order valence-electron chi connectivity index (χ3n) is 3.71. The molecule has 0 radical (unpaired) electrons. The summed E-state index contributed by atoms with van der Waals surface area (Å²) in [4.78, 5) is 15.5. The van der Waals surface area contributed by atoms with Crippen LogP contribution in [0.4, 0.5) is 0 Å². The van der Waals surface area contributed by atoms with Gasteiger partial charge in [0.25, 0.3) is 0 Å². The Balaban J connectivity index is 2.59. The number of rotatable bonds is 6. The third-order valence-corrected chi connectivity index (χ3v) is 4.18. The molecule has 27 heavy (non-hydrogen) atoms. The summed E-state index contributed by atoms with van der Waals surface area (Å²) in [5.74, 6) is -1.09. The number of aliphatic imine (C=N–C) groups is 1. The van der Waals surface area contributed by atoms with Crippen molar-refractivity contribution in [1.82, 2.24) is 5.01 Å². The molecule has 1 N–H and O–H groups in total. The lowest BCUT2D eigenvalue weighted by atomic mass is 10.1. The number of aliphatic carboxylic acids is 1. The Kier molecular flexibility index (Phi) is 7.16. The van der Waals surface area contributed by atoms with Gasteiger partial charge in [-0.1, -0.05) is 47.5 Å². The zero-order chi connectivity index (χ0) is 20.0. The van der Waals surface area contributed by atoms with Gasteiger partial charge in [-0.3, -0.25) is 10.0 Å². The highest BCUT2D eigenvalue weighted by Gasteiger charge is 2.13. The molecule has 140 valence electrons. The summed E-state index contributed by atoms with van der Waals surface area (Å²) in [7, 11) is 3.35. The number of carboxylic acids is 1. The summed E-state index contributed by atoms with van der Waals surface area (Å²) in [6.45, 7) is 1.43. The van der Waals surface area contributed by atoms with E-state index in [1.165, 1.54) is 11.9 Å². The number of nitrogens with zero attached hydrogens (tertiary/aromatic N) is 3. The first-order valence-electron chi connectivity index (χ1n) is 8.04. The van der Waals surface area contributed by atoms with E-state index in [1.807, 2.05) is 36.4 Å². The number of halogens is 2. The quantitative estimate of drug-likeness (QED) is 0.553. The molecule has 0 heterocycles. The molecule has 0 aliphatic rings. The van der Waals surface area contributed by atoms with Crippen LogP contribution in [0.25, 0.3) is 5.70 Å². The van der Waals surface area contributed by atoms with Crippen LogP contribution >= 0.6 is 23.2 Å². The van der Waals surface area contributed by atoms with Gasteiger partial charge in [0.1, 0.15) is 5.71 Å². The summed E-state index contributed by atoms with van der Waals surface area (Å²) in [6.07, 6.45) is 1.82. The van der Waals surface area contributed by atoms with Gasteiger partial charge in [0, 0.05) is 35.3 Å². The second-order valence-corrected chi connectivity index (χ2v) is 6.55. The Bertz CT molecular complexity index is 936. The molecule has 0 saturated heterocycles. The molecule has 2 aromatic rings. The van der Waals surface area contributed by atoms with Gasteiger partial charge in [0.05, 0.1) is 11.4 Å². The number of benzene rings is 2. The third kappa shape index (κ3) is 5.67. The molecular formula is C20H19Cl2N3O2. The first-order chi connectivity index (χ1) is 12.8. The summed E-state index contributed by atoms with van der Waals surface area (Å²) >= 11 is 12.2. The Morgan fingerprint density at radius 3 is 2.15 bits per heavy atom. The molecule has 2 rings (SSSR count). The standard InChI is InChI=1S/C20H19Cl2N3O2/c1-13(20(26)27)24-25(3)19(15-7-5-9-17(22)11-15)12-18(23-2)14-6-4-8-16(21)10-14/h4-12H,1-3H3,(H,26,27)/b19-12-,23-18?,24-13+. The van der Waals surface area contributed by atoms with Crippen molar-refractivity contribution in [2.24, 2.45) is 10.1 Å². The maximum Gasteiger partial charge on any atom is 0.351 e. The summed E-state index contributed by atoms with van der Waals surface area (Å²) < 4.78 is 0. The second-order valence-electron chi connectivity index (χ2n) is 5.67. The lowest BCUT2D eigenvalue weighted by Gasteiger charge is -2.19. The van der Waals surface area contributed by atoms with E-state index in [4.69, 9.17) is 28.3 Å². The molecular weight excluding hydrogens is 385 g/mol. The number of carboxylic acid groups (broad SMARTS) is 1. The Morgan fingerprint density at radius 2 is 1.63 bits per heavy atom. The van der Waals surface area contributed by atoms with Crippen molar-refractivity contribution < 1.29 is 9.90 Å². The average Bonchev–Trinajstić information content (AvgIpc) is 2.62. The second kappa shape index (κ2) is 9.35. The Morgan fingerprint density at radius 1 is 1.07 bits per heavy atom.